The van der Waals surface area contributed by atoms with Crippen LogP contribution in [-0.2, 0) is 6.42 Å². The summed E-state index contributed by atoms with van der Waals surface area (Å²) in [5, 5.41) is 10.4. The molecule has 0 spiro atoms. The number of hydrogen-bond donors (Lipinski definition) is 1. The van der Waals surface area contributed by atoms with Crippen LogP contribution in [-0.4, -0.2) is 24.3 Å². The van der Waals surface area contributed by atoms with Gasteiger partial charge < -0.3 is 14.6 Å². The lowest BCUT2D eigenvalue weighted by atomic mass is 10.0. The molecule has 1 unspecified atom stereocenters. The summed E-state index contributed by atoms with van der Waals surface area (Å²) >= 11 is 3.43. The Bertz CT molecular complexity index is 589. The molecule has 1 aromatic heterocycles. The normalized spacial score (nSPS) is 12.0. The number of nitrogens with zero attached hydrogens (tertiary/aromatic N) is 1. The van der Waals surface area contributed by atoms with E-state index in [1.807, 2.05) is 18.2 Å². The Balaban J connectivity index is 2.27. The average Bonchev–Trinajstić information content (AvgIpc) is 2.47. The van der Waals surface area contributed by atoms with E-state index in [1.165, 1.54) is 0 Å². The maximum Gasteiger partial charge on any atom is 0.142 e. The third-order valence-corrected chi connectivity index (χ3v) is 3.54. The second-order valence-electron chi connectivity index (χ2n) is 4.29. The quantitative estimate of drug-likeness (QED) is 0.910. The van der Waals surface area contributed by atoms with Crippen molar-refractivity contribution in [2.75, 3.05) is 14.2 Å². The summed E-state index contributed by atoms with van der Waals surface area (Å²) in [7, 11) is 3.18. The molecule has 5 heteroatoms. The van der Waals surface area contributed by atoms with Crippen molar-refractivity contribution in [1.82, 2.24) is 4.98 Å². The lowest BCUT2D eigenvalue weighted by molar-refractivity contribution is 0.172. The van der Waals surface area contributed by atoms with Gasteiger partial charge in [-0.3, -0.25) is 4.98 Å². The third kappa shape index (κ3) is 3.29. The molecule has 0 amide bonds. The second kappa shape index (κ2) is 6.72. The maximum atomic E-state index is 10.4. The molecular formula is C15H16BrNO3. The fourth-order valence-electron chi connectivity index (χ4n) is 2.06. The molecule has 0 radical (unpaired) electrons. The molecule has 2 rings (SSSR count). The smallest absolute Gasteiger partial charge is 0.142 e. The van der Waals surface area contributed by atoms with Gasteiger partial charge in [0.05, 0.1) is 26.5 Å². The molecule has 1 atom stereocenters. The number of halogens is 1. The van der Waals surface area contributed by atoms with E-state index >= 15 is 0 Å². The highest BCUT2D eigenvalue weighted by Crippen LogP contribution is 2.31. The van der Waals surface area contributed by atoms with E-state index in [4.69, 9.17) is 9.47 Å². The van der Waals surface area contributed by atoms with Crippen LogP contribution in [0.3, 0.4) is 0 Å². The zero-order valence-corrected chi connectivity index (χ0v) is 12.9. The highest BCUT2D eigenvalue weighted by molar-refractivity contribution is 9.10. The molecule has 2 aromatic rings. The van der Waals surface area contributed by atoms with E-state index in [9.17, 15) is 5.11 Å². The zero-order valence-electron chi connectivity index (χ0n) is 11.3. The molecule has 0 fully saturated rings. The number of aliphatic hydroxyl groups is 1. The van der Waals surface area contributed by atoms with Gasteiger partial charge in [-0.25, -0.2) is 0 Å². The lowest BCUT2D eigenvalue weighted by Crippen LogP contribution is -2.05. The fraction of sp³-hybridized carbons (Fsp3) is 0.267. The van der Waals surface area contributed by atoms with Gasteiger partial charge in [0.25, 0.3) is 0 Å². The van der Waals surface area contributed by atoms with Gasteiger partial charge in [-0.2, -0.15) is 0 Å². The molecule has 20 heavy (non-hydrogen) atoms. The van der Waals surface area contributed by atoms with Crippen LogP contribution in [0, 0.1) is 0 Å². The molecule has 0 aliphatic carbocycles. The maximum absolute atomic E-state index is 10.4. The molecule has 0 saturated carbocycles. The monoisotopic (exact) mass is 337 g/mol. The van der Waals surface area contributed by atoms with E-state index in [0.717, 1.165) is 15.8 Å². The number of methoxy groups -OCH3 is 2. The van der Waals surface area contributed by atoms with Crippen molar-refractivity contribution in [1.29, 1.82) is 0 Å². The van der Waals surface area contributed by atoms with Gasteiger partial charge in [0.1, 0.15) is 11.5 Å². The summed E-state index contributed by atoms with van der Waals surface area (Å²) in [5.41, 5.74) is 1.64. The topological polar surface area (TPSA) is 51.6 Å². The van der Waals surface area contributed by atoms with Crippen LogP contribution < -0.4 is 9.47 Å². The third-order valence-electron chi connectivity index (χ3n) is 3.05. The van der Waals surface area contributed by atoms with E-state index < -0.39 is 6.10 Å². The van der Waals surface area contributed by atoms with Crippen molar-refractivity contribution in [3.05, 3.63) is 52.3 Å². The van der Waals surface area contributed by atoms with Crippen LogP contribution in [0.5, 0.6) is 11.5 Å². The molecule has 0 bridgehead atoms. The average molecular weight is 338 g/mol. The Labute approximate surface area is 126 Å². The van der Waals surface area contributed by atoms with Crippen molar-refractivity contribution >= 4 is 15.9 Å². The van der Waals surface area contributed by atoms with E-state index in [2.05, 4.69) is 20.9 Å². The minimum Gasteiger partial charge on any atom is -0.496 e. The molecule has 1 aromatic carbocycles. The van der Waals surface area contributed by atoms with Gasteiger partial charge in [-0.15, -0.1) is 0 Å². The minimum atomic E-state index is -0.684. The molecule has 106 valence electrons. The molecular weight excluding hydrogens is 322 g/mol. The predicted molar refractivity (Wildman–Crippen MR) is 80.1 cm³/mol. The van der Waals surface area contributed by atoms with Crippen LogP contribution in [0.4, 0.5) is 0 Å². The largest absolute Gasteiger partial charge is 0.496 e. The highest BCUT2D eigenvalue weighted by atomic mass is 79.9. The number of rotatable bonds is 5. The van der Waals surface area contributed by atoms with Gasteiger partial charge in [0.15, 0.2) is 0 Å². The number of benzene rings is 1. The van der Waals surface area contributed by atoms with Crippen LogP contribution in [0.1, 0.15) is 17.2 Å². The highest BCUT2D eigenvalue weighted by Gasteiger charge is 2.16. The zero-order chi connectivity index (χ0) is 14.5. The SMILES string of the molecule is COc1ccc(Br)cc1CC(O)c1ccncc1OC. The van der Waals surface area contributed by atoms with Gasteiger partial charge in [-0.1, -0.05) is 15.9 Å². The molecule has 0 aliphatic heterocycles. The summed E-state index contributed by atoms with van der Waals surface area (Å²) in [6, 6.07) is 7.47. The Morgan fingerprint density at radius 1 is 1.20 bits per heavy atom. The van der Waals surface area contributed by atoms with Crippen molar-refractivity contribution in [3.63, 3.8) is 0 Å². The molecule has 0 saturated heterocycles. The number of ether oxygens (including phenoxy) is 2. The molecule has 1 N–H and O–H groups in total. The van der Waals surface area contributed by atoms with Crippen molar-refractivity contribution in [2.24, 2.45) is 0 Å². The van der Waals surface area contributed by atoms with Crippen molar-refractivity contribution in [3.8, 4) is 11.5 Å². The van der Waals surface area contributed by atoms with Gasteiger partial charge in [0.2, 0.25) is 0 Å². The first kappa shape index (κ1) is 14.8. The summed E-state index contributed by atoms with van der Waals surface area (Å²) in [6.07, 6.45) is 2.98. The number of aliphatic hydroxyl groups excluding tert-OH is 1. The van der Waals surface area contributed by atoms with E-state index in [0.29, 0.717) is 17.7 Å². The van der Waals surface area contributed by atoms with Crippen molar-refractivity contribution < 1.29 is 14.6 Å². The Hall–Kier alpha value is -1.59. The van der Waals surface area contributed by atoms with Crippen molar-refractivity contribution in [2.45, 2.75) is 12.5 Å². The van der Waals surface area contributed by atoms with Gasteiger partial charge in [-0.05, 0) is 29.8 Å². The number of aromatic nitrogens is 1. The first-order chi connectivity index (χ1) is 9.65. The standard InChI is InChI=1S/C15H16BrNO3/c1-19-14-4-3-11(16)7-10(14)8-13(18)12-5-6-17-9-15(12)20-2/h3-7,9,13,18H,8H2,1-2H3. The van der Waals surface area contributed by atoms with Crippen LogP contribution in [0.2, 0.25) is 0 Å². The summed E-state index contributed by atoms with van der Waals surface area (Å²) in [6.45, 7) is 0. The predicted octanol–water partition coefficient (Wildman–Crippen LogP) is 3.14. The minimum absolute atomic E-state index is 0.434. The first-order valence-corrected chi connectivity index (χ1v) is 6.93. The van der Waals surface area contributed by atoms with E-state index in [-0.39, 0.29) is 0 Å². The first-order valence-electron chi connectivity index (χ1n) is 6.14. The van der Waals surface area contributed by atoms with Crippen LogP contribution in [0.25, 0.3) is 0 Å². The lowest BCUT2D eigenvalue weighted by Gasteiger charge is -2.16. The number of pyridine rings is 1. The summed E-state index contributed by atoms with van der Waals surface area (Å²) in [4.78, 5) is 3.99. The van der Waals surface area contributed by atoms with Crippen LogP contribution in [0.15, 0.2) is 41.1 Å². The fourth-order valence-corrected chi connectivity index (χ4v) is 2.47. The molecule has 1 heterocycles. The molecule has 4 nitrogen and oxygen atoms in total. The Morgan fingerprint density at radius 3 is 2.65 bits per heavy atom. The molecule has 0 aliphatic rings. The Kier molecular flexibility index (Phi) is 4.98. The van der Waals surface area contributed by atoms with E-state index in [1.54, 1.807) is 32.7 Å². The van der Waals surface area contributed by atoms with Gasteiger partial charge in [0, 0.05) is 22.7 Å². The van der Waals surface area contributed by atoms with Gasteiger partial charge >= 0.3 is 0 Å². The summed E-state index contributed by atoms with van der Waals surface area (Å²) < 4.78 is 11.5. The Morgan fingerprint density at radius 2 is 1.95 bits per heavy atom. The number of hydrogen-bond acceptors (Lipinski definition) is 4. The van der Waals surface area contributed by atoms with Crippen LogP contribution >= 0.6 is 15.9 Å². The summed E-state index contributed by atoms with van der Waals surface area (Å²) in [5.74, 6) is 1.33. The second-order valence-corrected chi connectivity index (χ2v) is 5.21.